The molecule has 4 nitrogen and oxygen atoms in total. The summed E-state index contributed by atoms with van der Waals surface area (Å²) in [7, 11) is 0. The Morgan fingerprint density at radius 2 is 1.54 bits per heavy atom. The Bertz CT molecular complexity index is 880. The minimum Gasteiger partial charge on any atom is -0.334 e. The lowest BCUT2D eigenvalue weighted by atomic mass is 10.1. The molecule has 0 saturated carbocycles. The third kappa shape index (κ3) is 4.14. The van der Waals surface area contributed by atoms with E-state index < -0.39 is 0 Å². The molecule has 0 aliphatic heterocycles. The Kier molecular flexibility index (Phi) is 5.42. The summed E-state index contributed by atoms with van der Waals surface area (Å²) in [5.74, 6) is 0. The van der Waals surface area contributed by atoms with Crippen LogP contribution in [0.4, 0.5) is 4.79 Å². The van der Waals surface area contributed by atoms with Gasteiger partial charge in [0.15, 0.2) is 0 Å². The van der Waals surface area contributed by atoms with Crippen LogP contribution in [-0.2, 0) is 13.1 Å². The second kappa shape index (κ2) is 7.91. The lowest BCUT2D eigenvalue weighted by molar-refractivity contribution is 0.240. The summed E-state index contributed by atoms with van der Waals surface area (Å²) < 4.78 is 2.21. The van der Waals surface area contributed by atoms with Crippen molar-refractivity contribution in [1.29, 1.82) is 0 Å². The van der Waals surface area contributed by atoms with Crippen molar-refractivity contribution in [1.82, 2.24) is 15.2 Å². The standard InChI is InChI=1S/C22H25N3O/c1-16-9-11-19(12-10-16)14-23-22(26)24-15-20-13-17(2)25(18(20)3)21-7-5-4-6-8-21/h4-13H,14-15H2,1-3H3,(H2,23,24,26). The zero-order valence-corrected chi connectivity index (χ0v) is 15.5. The molecule has 0 saturated heterocycles. The highest BCUT2D eigenvalue weighted by Gasteiger charge is 2.11. The Morgan fingerprint density at radius 1 is 0.885 bits per heavy atom. The lowest BCUT2D eigenvalue weighted by Gasteiger charge is -2.11. The molecular weight excluding hydrogens is 322 g/mol. The summed E-state index contributed by atoms with van der Waals surface area (Å²) in [6.07, 6.45) is 0. The van der Waals surface area contributed by atoms with Crippen LogP contribution in [0, 0.1) is 20.8 Å². The fraction of sp³-hybridized carbons (Fsp3) is 0.227. The number of carbonyl (C=O) groups is 1. The number of aromatic nitrogens is 1. The van der Waals surface area contributed by atoms with Crippen molar-refractivity contribution in [2.45, 2.75) is 33.9 Å². The smallest absolute Gasteiger partial charge is 0.315 e. The first-order valence-corrected chi connectivity index (χ1v) is 8.85. The van der Waals surface area contributed by atoms with Crippen LogP contribution in [0.1, 0.15) is 28.1 Å². The molecule has 0 radical (unpaired) electrons. The normalized spacial score (nSPS) is 10.6. The molecule has 3 rings (SSSR count). The highest BCUT2D eigenvalue weighted by atomic mass is 16.2. The molecule has 0 atom stereocenters. The van der Waals surface area contributed by atoms with Gasteiger partial charge in [0, 0.05) is 30.2 Å². The van der Waals surface area contributed by atoms with Gasteiger partial charge in [0.1, 0.15) is 0 Å². The van der Waals surface area contributed by atoms with Crippen molar-refractivity contribution in [3.8, 4) is 5.69 Å². The number of para-hydroxylation sites is 1. The molecule has 1 heterocycles. The van der Waals surface area contributed by atoms with Crippen molar-refractivity contribution >= 4 is 6.03 Å². The molecule has 1 aromatic heterocycles. The summed E-state index contributed by atoms with van der Waals surface area (Å²) in [6, 6.07) is 20.4. The van der Waals surface area contributed by atoms with Crippen molar-refractivity contribution in [3.05, 3.63) is 88.7 Å². The van der Waals surface area contributed by atoms with Gasteiger partial charge < -0.3 is 15.2 Å². The predicted molar refractivity (Wildman–Crippen MR) is 105 cm³/mol. The van der Waals surface area contributed by atoms with Gasteiger partial charge in [0.2, 0.25) is 0 Å². The summed E-state index contributed by atoms with van der Waals surface area (Å²) in [4.78, 5) is 12.1. The molecule has 4 heteroatoms. The topological polar surface area (TPSA) is 46.1 Å². The SMILES string of the molecule is Cc1ccc(CNC(=O)NCc2cc(C)n(-c3ccccc3)c2C)cc1. The fourth-order valence-electron chi connectivity index (χ4n) is 3.11. The molecule has 0 unspecified atom stereocenters. The number of hydrogen-bond donors (Lipinski definition) is 2. The number of amides is 2. The Morgan fingerprint density at radius 3 is 2.23 bits per heavy atom. The van der Waals surface area contributed by atoms with Gasteiger partial charge in [-0.2, -0.15) is 0 Å². The average molecular weight is 347 g/mol. The third-order valence-corrected chi connectivity index (χ3v) is 4.56. The maximum absolute atomic E-state index is 12.1. The van der Waals surface area contributed by atoms with E-state index in [0.717, 1.165) is 28.2 Å². The lowest BCUT2D eigenvalue weighted by Crippen LogP contribution is -2.34. The maximum Gasteiger partial charge on any atom is 0.315 e. The molecule has 0 aliphatic carbocycles. The number of rotatable bonds is 5. The minimum absolute atomic E-state index is 0.157. The van der Waals surface area contributed by atoms with E-state index in [2.05, 4.69) is 54.2 Å². The van der Waals surface area contributed by atoms with Crippen molar-refractivity contribution in [2.24, 2.45) is 0 Å². The van der Waals surface area contributed by atoms with Crippen LogP contribution >= 0.6 is 0 Å². The molecule has 26 heavy (non-hydrogen) atoms. The monoisotopic (exact) mass is 347 g/mol. The van der Waals surface area contributed by atoms with Gasteiger partial charge in [-0.15, -0.1) is 0 Å². The van der Waals surface area contributed by atoms with Crippen LogP contribution < -0.4 is 10.6 Å². The summed E-state index contributed by atoms with van der Waals surface area (Å²) in [5.41, 5.74) is 6.87. The molecule has 2 amide bonds. The average Bonchev–Trinajstić information content (AvgIpc) is 2.93. The maximum atomic E-state index is 12.1. The highest BCUT2D eigenvalue weighted by molar-refractivity contribution is 5.73. The zero-order valence-electron chi connectivity index (χ0n) is 15.5. The van der Waals surface area contributed by atoms with E-state index in [1.165, 1.54) is 5.56 Å². The molecule has 0 aliphatic rings. The number of nitrogens with one attached hydrogen (secondary N) is 2. The molecule has 0 fully saturated rings. The molecule has 0 spiro atoms. The van der Waals surface area contributed by atoms with E-state index in [1.54, 1.807) is 0 Å². The first kappa shape index (κ1) is 17.8. The summed E-state index contributed by atoms with van der Waals surface area (Å²) in [6.45, 7) is 7.25. The molecule has 3 aromatic rings. The van der Waals surface area contributed by atoms with E-state index >= 15 is 0 Å². The van der Waals surface area contributed by atoms with Crippen molar-refractivity contribution < 1.29 is 4.79 Å². The number of nitrogens with zero attached hydrogens (tertiary/aromatic N) is 1. The van der Waals surface area contributed by atoms with Crippen LogP contribution in [0.15, 0.2) is 60.7 Å². The van der Waals surface area contributed by atoms with Gasteiger partial charge >= 0.3 is 6.03 Å². The van der Waals surface area contributed by atoms with Crippen LogP contribution in [0.3, 0.4) is 0 Å². The molecule has 0 bridgehead atoms. The number of urea groups is 1. The van der Waals surface area contributed by atoms with Crippen LogP contribution in [0.25, 0.3) is 5.69 Å². The van der Waals surface area contributed by atoms with Crippen molar-refractivity contribution in [3.63, 3.8) is 0 Å². The van der Waals surface area contributed by atoms with Crippen LogP contribution in [0.2, 0.25) is 0 Å². The number of aryl methyl sites for hydroxylation is 2. The van der Waals surface area contributed by atoms with Gasteiger partial charge in [-0.25, -0.2) is 4.79 Å². The summed E-state index contributed by atoms with van der Waals surface area (Å²) in [5, 5.41) is 5.85. The Balaban J connectivity index is 1.59. The molecule has 2 aromatic carbocycles. The van der Waals surface area contributed by atoms with E-state index in [-0.39, 0.29) is 6.03 Å². The zero-order chi connectivity index (χ0) is 18.5. The molecule has 2 N–H and O–H groups in total. The summed E-state index contributed by atoms with van der Waals surface area (Å²) >= 11 is 0. The Labute approximate surface area is 154 Å². The Hall–Kier alpha value is -3.01. The highest BCUT2D eigenvalue weighted by Crippen LogP contribution is 2.20. The molecule has 134 valence electrons. The minimum atomic E-state index is -0.157. The second-order valence-electron chi connectivity index (χ2n) is 6.59. The van der Waals surface area contributed by atoms with Crippen molar-refractivity contribution in [2.75, 3.05) is 0 Å². The number of carbonyl (C=O) groups excluding carboxylic acids is 1. The first-order valence-electron chi connectivity index (χ1n) is 8.85. The van der Waals surface area contributed by atoms with E-state index in [1.807, 2.05) is 42.5 Å². The van der Waals surface area contributed by atoms with Gasteiger partial charge in [-0.05, 0) is 50.1 Å². The number of hydrogen-bond acceptors (Lipinski definition) is 1. The van der Waals surface area contributed by atoms with E-state index in [0.29, 0.717) is 13.1 Å². The predicted octanol–water partition coefficient (Wildman–Crippen LogP) is 4.40. The third-order valence-electron chi connectivity index (χ3n) is 4.56. The quantitative estimate of drug-likeness (QED) is 0.706. The van der Waals surface area contributed by atoms with Gasteiger partial charge in [0.25, 0.3) is 0 Å². The first-order chi connectivity index (χ1) is 12.5. The second-order valence-corrected chi connectivity index (χ2v) is 6.59. The largest absolute Gasteiger partial charge is 0.334 e. The van der Waals surface area contributed by atoms with Gasteiger partial charge in [-0.1, -0.05) is 48.0 Å². The number of benzene rings is 2. The van der Waals surface area contributed by atoms with Crippen LogP contribution in [-0.4, -0.2) is 10.6 Å². The fourth-order valence-corrected chi connectivity index (χ4v) is 3.11. The van der Waals surface area contributed by atoms with Gasteiger partial charge in [0.05, 0.1) is 0 Å². The molecular formula is C22H25N3O. The van der Waals surface area contributed by atoms with E-state index in [9.17, 15) is 4.79 Å². The van der Waals surface area contributed by atoms with E-state index in [4.69, 9.17) is 0 Å². The van der Waals surface area contributed by atoms with Gasteiger partial charge in [-0.3, -0.25) is 0 Å². The van der Waals surface area contributed by atoms with Crippen LogP contribution in [0.5, 0.6) is 0 Å².